The number of carboxylic acid groups (broad SMARTS) is 1. The van der Waals surface area contributed by atoms with E-state index in [-0.39, 0.29) is 24.8 Å². The van der Waals surface area contributed by atoms with Crippen LogP contribution < -0.4 is 19.5 Å². The van der Waals surface area contributed by atoms with Gasteiger partial charge in [-0.15, -0.1) is 0 Å². The summed E-state index contributed by atoms with van der Waals surface area (Å²) in [4.78, 5) is 8.36. The van der Waals surface area contributed by atoms with Crippen molar-refractivity contribution in [2.75, 3.05) is 19.5 Å². The highest BCUT2D eigenvalue weighted by Crippen LogP contribution is 2.37. The Hall–Kier alpha value is -4.08. The average Bonchev–Trinajstić information content (AvgIpc) is 2.96. The number of hydrogen-bond acceptors (Lipinski definition) is 8. The van der Waals surface area contributed by atoms with Crippen molar-refractivity contribution in [2.45, 2.75) is 51.5 Å². The number of halogens is 1. The molecule has 1 fully saturated rings. The maximum atomic E-state index is 8.36. The van der Waals surface area contributed by atoms with Gasteiger partial charge in [-0.1, -0.05) is 17.7 Å². The highest BCUT2D eigenvalue weighted by molar-refractivity contribution is 6.31. The van der Waals surface area contributed by atoms with Crippen molar-refractivity contribution in [3.05, 3.63) is 71.4 Å². The van der Waals surface area contributed by atoms with Gasteiger partial charge in [0.25, 0.3) is 6.47 Å². The molecule has 0 spiro atoms. The van der Waals surface area contributed by atoms with Crippen molar-refractivity contribution in [3.8, 4) is 28.4 Å². The molecule has 5 rings (SSSR count). The van der Waals surface area contributed by atoms with E-state index < -0.39 is 0 Å². The van der Waals surface area contributed by atoms with Gasteiger partial charge in [0, 0.05) is 47.0 Å². The van der Waals surface area contributed by atoms with E-state index in [0.29, 0.717) is 11.6 Å². The highest BCUT2D eigenvalue weighted by atomic mass is 35.5. The molecule has 2 N–H and O–H groups in total. The zero-order valence-corrected chi connectivity index (χ0v) is 24.2. The standard InChI is InChI=1S/C30H32ClN3O4.CH2O2/c1-18-11-24(12-19(2)37-18)38-29-10-7-22(31)14-26(29)20-6-9-25-27(13-20)34-33-17-28(25)32-16-21-5-8-23(35-3)15-30(21)36-4;2-1-3/h5-10,13-15,17-19,24H,11-12,16H2,1-4H3,(H,32,34);1H,(H,2,3)/t18-,19+,24?;. The Morgan fingerprint density at radius 2 is 1.78 bits per heavy atom. The lowest BCUT2D eigenvalue weighted by Crippen LogP contribution is -2.35. The predicted molar refractivity (Wildman–Crippen MR) is 159 cm³/mol. The molecule has 1 aromatic heterocycles. The topological polar surface area (TPSA) is 112 Å². The summed E-state index contributed by atoms with van der Waals surface area (Å²) in [6.45, 7) is 4.49. The number of carbonyl (C=O) groups is 1. The molecule has 0 bridgehead atoms. The van der Waals surface area contributed by atoms with Crippen LogP contribution in [0.1, 0.15) is 32.3 Å². The van der Waals surface area contributed by atoms with Crippen LogP contribution in [0.4, 0.5) is 5.69 Å². The van der Waals surface area contributed by atoms with E-state index in [2.05, 4.69) is 41.5 Å². The Balaban J connectivity index is 0.00000124. The number of nitrogens with one attached hydrogen (secondary N) is 1. The van der Waals surface area contributed by atoms with Gasteiger partial charge in [0.1, 0.15) is 23.4 Å². The molecule has 3 aromatic carbocycles. The molecule has 0 radical (unpaired) electrons. The first-order chi connectivity index (χ1) is 19.8. The zero-order valence-electron chi connectivity index (χ0n) is 23.5. The third kappa shape index (κ3) is 7.56. The van der Waals surface area contributed by atoms with Crippen LogP contribution in [0.3, 0.4) is 0 Å². The first kappa shape index (κ1) is 29.9. The van der Waals surface area contributed by atoms with Crippen LogP contribution in [0.15, 0.2) is 60.8 Å². The van der Waals surface area contributed by atoms with Crippen molar-refractivity contribution < 1.29 is 28.8 Å². The SMILES string of the molecule is COc1ccc(CNc2cnnc3cc(-c4cc(Cl)ccc4OC4C[C@@H](C)O[C@@H](C)C4)ccc23)c(OC)c1.O=CO. The fourth-order valence-corrected chi connectivity index (χ4v) is 5.18. The highest BCUT2D eigenvalue weighted by Gasteiger charge is 2.26. The summed E-state index contributed by atoms with van der Waals surface area (Å²) in [6.07, 6.45) is 3.85. The Bertz CT molecular complexity index is 1470. The Kier molecular flexibility index (Phi) is 10.2. The lowest BCUT2D eigenvalue weighted by Gasteiger charge is -2.32. The lowest BCUT2D eigenvalue weighted by atomic mass is 10.0. The number of hydrogen-bond donors (Lipinski definition) is 2. The van der Waals surface area contributed by atoms with Gasteiger partial charge in [-0.2, -0.15) is 10.2 Å². The second-order valence-electron chi connectivity index (χ2n) is 9.74. The van der Waals surface area contributed by atoms with E-state index in [1.807, 2.05) is 42.5 Å². The maximum absolute atomic E-state index is 8.36. The zero-order chi connectivity index (χ0) is 29.4. The third-order valence-corrected chi connectivity index (χ3v) is 7.04. The largest absolute Gasteiger partial charge is 0.497 e. The Morgan fingerprint density at radius 1 is 1.02 bits per heavy atom. The number of nitrogens with zero attached hydrogens (tertiary/aromatic N) is 2. The molecule has 9 nitrogen and oxygen atoms in total. The summed E-state index contributed by atoms with van der Waals surface area (Å²) in [5.74, 6) is 2.31. The van der Waals surface area contributed by atoms with Crippen LogP contribution >= 0.6 is 11.6 Å². The van der Waals surface area contributed by atoms with Crippen LogP contribution in [0.2, 0.25) is 5.02 Å². The summed E-state index contributed by atoms with van der Waals surface area (Å²) in [5.41, 5.74) is 4.55. The second kappa shape index (κ2) is 14.0. The first-order valence-electron chi connectivity index (χ1n) is 13.2. The molecule has 10 heteroatoms. The van der Waals surface area contributed by atoms with Crippen LogP contribution in [0, 0.1) is 0 Å². The van der Waals surface area contributed by atoms with Gasteiger partial charge in [0.2, 0.25) is 0 Å². The lowest BCUT2D eigenvalue weighted by molar-refractivity contribution is -0.122. The number of fused-ring (bicyclic) bond motifs is 1. The predicted octanol–water partition coefficient (Wildman–Crippen LogP) is 6.62. The van der Waals surface area contributed by atoms with Gasteiger partial charge < -0.3 is 29.4 Å². The van der Waals surface area contributed by atoms with Crippen molar-refractivity contribution in [1.29, 1.82) is 0 Å². The number of rotatable bonds is 8. The second-order valence-corrected chi connectivity index (χ2v) is 10.2. The molecule has 0 saturated carbocycles. The molecular formula is C31H34ClN3O6. The van der Waals surface area contributed by atoms with Crippen molar-refractivity contribution >= 4 is 34.7 Å². The minimum Gasteiger partial charge on any atom is -0.497 e. The quantitative estimate of drug-likeness (QED) is 0.222. The molecular weight excluding hydrogens is 546 g/mol. The Labute approximate surface area is 244 Å². The molecule has 0 aliphatic carbocycles. The molecule has 1 saturated heterocycles. The summed E-state index contributed by atoms with van der Waals surface area (Å²) < 4.78 is 23.2. The number of benzene rings is 3. The first-order valence-corrected chi connectivity index (χ1v) is 13.6. The molecule has 3 atom stereocenters. The van der Waals surface area contributed by atoms with E-state index in [0.717, 1.165) is 63.4 Å². The number of methoxy groups -OCH3 is 2. The fraction of sp³-hybridized carbons (Fsp3) is 0.323. The van der Waals surface area contributed by atoms with Gasteiger partial charge in [0.15, 0.2) is 0 Å². The summed E-state index contributed by atoms with van der Waals surface area (Å²) in [7, 11) is 3.29. The van der Waals surface area contributed by atoms with E-state index in [9.17, 15) is 0 Å². The third-order valence-electron chi connectivity index (χ3n) is 6.80. The smallest absolute Gasteiger partial charge is 0.290 e. The van der Waals surface area contributed by atoms with Gasteiger partial charge in [-0.3, -0.25) is 4.79 Å². The van der Waals surface area contributed by atoms with Gasteiger partial charge in [0.05, 0.1) is 43.8 Å². The molecule has 41 heavy (non-hydrogen) atoms. The number of aromatic nitrogens is 2. The van der Waals surface area contributed by atoms with Crippen molar-refractivity contribution in [1.82, 2.24) is 10.2 Å². The molecule has 4 aromatic rings. The minimum atomic E-state index is -0.250. The maximum Gasteiger partial charge on any atom is 0.290 e. The summed E-state index contributed by atoms with van der Waals surface area (Å²) in [6, 6.07) is 17.7. The molecule has 1 unspecified atom stereocenters. The number of ether oxygens (including phenoxy) is 4. The van der Waals surface area contributed by atoms with Gasteiger partial charge >= 0.3 is 0 Å². The molecule has 0 amide bonds. The van der Waals surface area contributed by atoms with Crippen LogP contribution in [-0.2, 0) is 16.1 Å². The Morgan fingerprint density at radius 3 is 2.49 bits per heavy atom. The normalized spacial score (nSPS) is 18.1. The van der Waals surface area contributed by atoms with Gasteiger partial charge in [-0.25, -0.2) is 0 Å². The van der Waals surface area contributed by atoms with E-state index in [1.165, 1.54) is 0 Å². The minimum absolute atomic E-state index is 0.0830. The molecule has 1 aliphatic heterocycles. The van der Waals surface area contributed by atoms with E-state index >= 15 is 0 Å². The molecule has 216 valence electrons. The van der Waals surface area contributed by atoms with Crippen LogP contribution in [0.5, 0.6) is 17.2 Å². The average molecular weight is 580 g/mol. The molecule has 1 aliphatic rings. The van der Waals surface area contributed by atoms with E-state index in [1.54, 1.807) is 20.4 Å². The van der Waals surface area contributed by atoms with Crippen LogP contribution in [-0.4, -0.2) is 54.3 Å². The molecule has 2 heterocycles. The summed E-state index contributed by atoms with van der Waals surface area (Å²) >= 11 is 6.41. The van der Waals surface area contributed by atoms with Crippen LogP contribution in [0.25, 0.3) is 22.0 Å². The fourth-order valence-electron chi connectivity index (χ4n) is 5.01. The van der Waals surface area contributed by atoms with Gasteiger partial charge in [-0.05, 0) is 61.9 Å². The number of anilines is 1. The monoisotopic (exact) mass is 579 g/mol. The summed E-state index contributed by atoms with van der Waals surface area (Å²) in [5, 5.41) is 20.6. The van der Waals surface area contributed by atoms with E-state index in [4.69, 9.17) is 40.4 Å². The van der Waals surface area contributed by atoms with Crippen molar-refractivity contribution in [3.63, 3.8) is 0 Å². The van der Waals surface area contributed by atoms with Crippen molar-refractivity contribution in [2.24, 2.45) is 0 Å².